The molecular formula is C20H18N2O3. The van der Waals surface area contributed by atoms with Gasteiger partial charge in [0.25, 0.3) is 5.69 Å². The van der Waals surface area contributed by atoms with E-state index in [2.05, 4.69) is 18.2 Å². The second kappa shape index (κ2) is 7.57. The summed E-state index contributed by atoms with van der Waals surface area (Å²) in [6.07, 6.45) is 5.78. The van der Waals surface area contributed by atoms with Gasteiger partial charge in [0.1, 0.15) is 0 Å². The van der Waals surface area contributed by atoms with Crippen molar-refractivity contribution in [1.29, 1.82) is 0 Å². The van der Waals surface area contributed by atoms with E-state index in [0.717, 1.165) is 6.42 Å². The minimum atomic E-state index is -0.445. The summed E-state index contributed by atoms with van der Waals surface area (Å²) in [5.41, 5.74) is 2.85. The minimum absolute atomic E-state index is 0.00328. The fourth-order valence-electron chi connectivity index (χ4n) is 2.84. The maximum absolute atomic E-state index is 12.3. The molecule has 5 heteroatoms. The summed E-state index contributed by atoms with van der Waals surface area (Å²) in [6.45, 7) is 1.19. The lowest BCUT2D eigenvalue weighted by Crippen LogP contribution is -2.33. The second-order valence-corrected chi connectivity index (χ2v) is 5.78. The smallest absolute Gasteiger partial charge is 0.276 e. The highest BCUT2D eigenvalue weighted by atomic mass is 16.6. The molecule has 0 aromatic heterocycles. The predicted octanol–water partition coefficient (Wildman–Crippen LogP) is 3.92. The van der Waals surface area contributed by atoms with Crippen LogP contribution in [0.15, 0.2) is 66.7 Å². The summed E-state index contributed by atoms with van der Waals surface area (Å²) < 4.78 is 0. The van der Waals surface area contributed by atoms with Crippen LogP contribution in [0, 0.1) is 10.1 Å². The first-order valence-electron chi connectivity index (χ1n) is 8.10. The molecule has 126 valence electrons. The monoisotopic (exact) mass is 334 g/mol. The van der Waals surface area contributed by atoms with Crippen molar-refractivity contribution in [2.45, 2.75) is 6.42 Å². The third kappa shape index (κ3) is 4.01. The molecule has 0 radical (unpaired) electrons. The van der Waals surface area contributed by atoms with Gasteiger partial charge >= 0.3 is 0 Å². The van der Waals surface area contributed by atoms with E-state index < -0.39 is 4.92 Å². The normalized spacial score (nSPS) is 14.4. The van der Waals surface area contributed by atoms with Gasteiger partial charge in [-0.15, -0.1) is 0 Å². The number of carbonyl (C=O) groups is 1. The summed E-state index contributed by atoms with van der Waals surface area (Å²) in [5, 5.41) is 11.0. The molecule has 0 aliphatic carbocycles. The van der Waals surface area contributed by atoms with Gasteiger partial charge in [0.15, 0.2) is 0 Å². The van der Waals surface area contributed by atoms with E-state index in [-0.39, 0.29) is 11.6 Å². The average Bonchev–Trinajstić information content (AvgIpc) is 2.67. The number of para-hydroxylation sites is 1. The van der Waals surface area contributed by atoms with Crippen LogP contribution >= 0.6 is 0 Å². The van der Waals surface area contributed by atoms with Crippen molar-refractivity contribution < 1.29 is 9.72 Å². The van der Waals surface area contributed by atoms with Gasteiger partial charge in [-0.05, 0) is 29.7 Å². The van der Waals surface area contributed by atoms with Crippen LogP contribution in [-0.4, -0.2) is 28.8 Å². The molecule has 2 aromatic carbocycles. The van der Waals surface area contributed by atoms with Crippen LogP contribution in [0.25, 0.3) is 11.6 Å². The summed E-state index contributed by atoms with van der Waals surface area (Å²) in [5.74, 6) is -0.137. The van der Waals surface area contributed by atoms with Crippen LogP contribution in [0.3, 0.4) is 0 Å². The summed E-state index contributed by atoms with van der Waals surface area (Å²) in [6, 6.07) is 16.5. The van der Waals surface area contributed by atoms with Crippen molar-refractivity contribution in [3.05, 3.63) is 88.0 Å². The van der Waals surface area contributed by atoms with Crippen molar-refractivity contribution in [2.75, 3.05) is 13.1 Å². The molecule has 0 atom stereocenters. The highest BCUT2D eigenvalue weighted by Gasteiger charge is 2.16. The summed E-state index contributed by atoms with van der Waals surface area (Å²) >= 11 is 0. The summed E-state index contributed by atoms with van der Waals surface area (Å²) in [4.78, 5) is 24.6. The molecule has 0 fully saturated rings. The second-order valence-electron chi connectivity index (χ2n) is 5.78. The van der Waals surface area contributed by atoms with Gasteiger partial charge in [-0.25, -0.2) is 0 Å². The van der Waals surface area contributed by atoms with E-state index in [9.17, 15) is 14.9 Å². The number of nitro groups is 1. The van der Waals surface area contributed by atoms with E-state index in [1.165, 1.54) is 29.4 Å². The highest BCUT2D eigenvalue weighted by Crippen LogP contribution is 2.23. The van der Waals surface area contributed by atoms with Gasteiger partial charge in [-0.2, -0.15) is 0 Å². The molecule has 0 saturated heterocycles. The first-order valence-corrected chi connectivity index (χ1v) is 8.10. The fourth-order valence-corrected chi connectivity index (χ4v) is 2.84. The van der Waals surface area contributed by atoms with Crippen molar-refractivity contribution in [2.24, 2.45) is 0 Å². The Labute approximate surface area is 146 Å². The van der Waals surface area contributed by atoms with Crippen molar-refractivity contribution in [3.63, 3.8) is 0 Å². The Hall–Kier alpha value is -3.21. The Morgan fingerprint density at radius 1 is 1.08 bits per heavy atom. The van der Waals surface area contributed by atoms with Crippen LogP contribution in [-0.2, 0) is 4.79 Å². The number of benzene rings is 2. The molecule has 1 heterocycles. The third-order valence-corrected chi connectivity index (χ3v) is 4.20. The number of carbonyl (C=O) groups excluding carboxylic acids is 1. The largest absolute Gasteiger partial charge is 0.335 e. The van der Waals surface area contributed by atoms with Gasteiger partial charge in [0.2, 0.25) is 5.91 Å². The molecule has 1 amide bonds. The third-order valence-electron chi connectivity index (χ3n) is 4.20. The molecule has 5 nitrogen and oxygen atoms in total. The fraction of sp³-hybridized carbons (Fsp3) is 0.150. The Morgan fingerprint density at radius 2 is 1.80 bits per heavy atom. The van der Waals surface area contributed by atoms with Crippen LogP contribution < -0.4 is 0 Å². The van der Waals surface area contributed by atoms with Crippen molar-refractivity contribution >= 4 is 23.2 Å². The first kappa shape index (κ1) is 16.6. The Bertz CT molecular complexity index is 841. The summed E-state index contributed by atoms with van der Waals surface area (Å²) in [7, 11) is 0. The zero-order valence-corrected chi connectivity index (χ0v) is 13.7. The molecule has 0 N–H and O–H groups in total. The number of nitro benzene ring substituents is 1. The molecule has 0 spiro atoms. The molecule has 0 bridgehead atoms. The lowest BCUT2D eigenvalue weighted by molar-refractivity contribution is -0.385. The molecule has 1 aliphatic heterocycles. The Kier molecular flexibility index (Phi) is 5.04. The highest BCUT2D eigenvalue weighted by molar-refractivity contribution is 5.93. The van der Waals surface area contributed by atoms with Crippen molar-refractivity contribution in [3.8, 4) is 0 Å². The van der Waals surface area contributed by atoms with Gasteiger partial charge < -0.3 is 4.90 Å². The number of nitrogens with zero attached hydrogens (tertiary/aromatic N) is 2. The molecule has 0 saturated carbocycles. The average molecular weight is 334 g/mol. The standard InChI is InChI=1S/C20H18N2O3/c23-20(11-10-18-8-4-5-9-19(18)22(24)25)21-14-12-17(13-15-21)16-6-2-1-3-7-16/h1-12H,13-15H2/b11-10+. The van der Waals surface area contributed by atoms with Gasteiger partial charge in [0.05, 0.1) is 10.5 Å². The van der Waals surface area contributed by atoms with E-state index in [0.29, 0.717) is 18.7 Å². The lowest BCUT2D eigenvalue weighted by atomic mass is 9.99. The van der Waals surface area contributed by atoms with Gasteiger partial charge in [0, 0.05) is 25.2 Å². The zero-order chi connectivity index (χ0) is 17.6. The van der Waals surface area contributed by atoms with Crippen LogP contribution in [0.4, 0.5) is 5.69 Å². The van der Waals surface area contributed by atoms with E-state index in [4.69, 9.17) is 0 Å². The maximum atomic E-state index is 12.3. The van der Waals surface area contributed by atoms with Gasteiger partial charge in [-0.3, -0.25) is 14.9 Å². The minimum Gasteiger partial charge on any atom is -0.335 e. The van der Waals surface area contributed by atoms with Crippen LogP contribution in [0.5, 0.6) is 0 Å². The molecule has 25 heavy (non-hydrogen) atoms. The Balaban J connectivity index is 1.67. The Morgan fingerprint density at radius 3 is 2.48 bits per heavy atom. The van der Waals surface area contributed by atoms with Crippen molar-refractivity contribution in [1.82, 2.24) is 4.90 Å². The molecular weight excluding hydrogens is 316 g/mol. The van der Waals surface area contributed by atoms with E-state index in [1.54, 1.807) is 23.1 Å². The first-order chi connectivity index (χ1) is 12.1. The topological polar surface area (TPSA) is 63.4 Å². The number of amides is 1. The molecule has 1 aliphatic rings. The van der Waals surface area contributed by atoms with Crippen LogP contribution in [0.2, 0.25) is 0 Å². The number of rotatable bonds is 4. The number of hydrogen-bond donors (Lipinski definition) is 0. The lowest BCUT2D eigenvalue weighted by Gasteiger charge is -2.25. The van der Waals surface area contributed by atoms with E-state index >= 15 is 0 Å². The van der Waals surface area contributed by atoms with E-state index in [1.807, 2.05) is 18.2 Å². The predicted molar refractivity (Wildman–Crippen MR) is 97.7 cm³/mol. The number of hydrogen-bond acceptors (Lipinski definition) is 3. The molecule has 0 unspecified atom stereocenters. The quantitative estimate of drug-likeness (QED) is 0.483. The van der Waals surface area contributed by atoms with Crippen LogP contribution in [0.1, 0.15) is 17.5 Å². The zero-order valence-electron chi connectivity index (χ0n) is 13.7. The molecule has 2 aromatic rings. The van der Waals surface area contributed by atoms with Gasteiger partial charge in [-0.1, -0.05) is 48.5 Å². The maximum Gasteiger partial charge on any atom is 0.276 e. The SMILES string of the molecule is O=C(/C=C/c1ccccc1[N+](=O)[O-])N1CC=C(c2ccccc2)CC1. The molecule has 3 rings (SSSR count).